The highest BCUT2D eigenvalue weighted by molar-refractivity contribution is 7.91. The molecule has 1 heterocycles. The first kappa shape index (κ1) is 14.6. The molecule has 1 N–H and O–H groups in total. The molecular weight excluding hydrogens is 258 g/mol. The Hall–Kier alpha value is -0.430. The van der Waals surface area contributed by atoms with Gasteiger partial charge in [-0.05, 0) is 25.0 Å². The van der Waals surface area contributed by atoms with Gasteiger partial charge in [-0.3, -0.25) is 0 Å². The summed E-state index contributed by atoms with van der Waals surface area (Å²) in [6.07, 6.45) is 0. The first-order chi connectivity index (χ1) is 7.80. The van der Waals surface area contributed by atoms with E-state index in [1.165, 1.54) is 4.31 Å². The summed E-state index contributed by atoms with van der Waals surface area (Å²) in [4.78, 5) is 0.661. The normalized spacial score (nSPS) is 14.5. The van der Waals surface area contributed by atoms with Crippen LogP contribution in [0, 0.1) is 5.92 Å². The van der Waals surface area contributed by atoms with Crippen molar-refractivity contribution in [3.05, 3.63) is 17.0 Å². The quantitative estimate of drug-likeness (QED) is 0.894. The molecule has 0 aliphatic heterocycles. The van der Waals surface area contributed by atoms with Crippen LogP contribution in [0.2, 0.25) is 0 Å². The second-order valence-electron chi connectivity index (χ2n) is 4.38. The average molecular weight is 277 g/mol. The Bertz CT molecular complexity index is 465. The molecule has 4 nitrogen and oxygen atoms in total. The predicted molar refractivity (Wildman–Crippen MR) is 69.5 cm³/mol. The minimum atomic E-state index is -3.43. The van der Waals surface area contributed by atoms with E-state index < -0.39 is 10.0 Å². The number of hydrogen-bond acceptors (Lipinski definition) is 4. The number of aliphatic hydroxyl groups is 1. The van der Waals surface area contributed by atoms with Gasteiger partial charge in [-0.2, -0.15) is 4.31 Å². The Balaban J connectivity index is 3.02. The minimum absolute atomic E-state index is 0.0559. The lowest BCUT2D eigenvalue weighted by Crippen LogP contribution is -2.37. The third-order valence-electron chi connectivity index (χ3n) is 2.96. The molecule has 1 aromatic heterocycles. The summed E-state index contributed by atoms with van der Waals surface area (Å²) in [5, 5.41) is 8.95. The molecule has 6 heteroatoms. The molecule has 0 saturated carbocycles. The third kappa shape index (κ3) is 3.07. The van der Waals surface area contributed by atoms with E-state index in [-0.39, 0.29) is 22.8 Å². The first-order valence-corrected chi connectivity index (χ1v) is 7.74. The van der Waals surface area contributed by atoms with Crippen molar-refractivity contribution in [2.75, 3.05) is 7.05 Å². The van der Waals surface area contributed by atoms with Crippen molar-refractivity contribution >= 4 is 21.4 Å². The molecule has 0 saturated heterocycles. The van der Waals surface area contributed by atoms with Gasteiger partial charge in [-0.15, -0.1) is 11.3 Å². The molecule has 98 valence electrons. The molecule has 0 spiro atoms. The van der Waals surface area contributed by atoms with E-state index >= 15 is 0 Å². The van der Waals surface area contributed by atoms with E-state index in [1.807, 2.05) is 20.8 Å². The SMILES string of the molecule is CC(C)C(C)N(C)S(=O)(=O)c1ccc(CO)s1. The van der Waals surface area contributed by atoms with Gasteiger partial charge in [-0.25, -0.2) is 8.42 Å². The number of thiophene rings is 1. The van der Waals surface area contributed by atoms with Gasteiger partial charge in [0.15, 0.2) is 0 Å². The molecule has 0 bridgehead atoms. The summed E-state index contributed by atoms with van der Waals surface area (Å²) < 4.78 is 26.2. The summed E-state index contributed by atoms with van der Waals surface area (Å²) in [5.41, 5.74) is 0. The van der Waals surface area contributed by atoms with E-state index in [2.05, 4.69) is 0 Å². The molecular formula is C11H19NO3S2. The molecule has 1 rings (SSSR count). The Kier molecular flexibility index (Phi) is 4.71. The molecule has 17 heavy (non-hydrogen) atoms. The van der Waals surface area contributed by atoms with Crippen LogP contribution in [0.4, 0.5) is 0 Å². The molecule has 0 fully saturated rings. The third-order valence-corrected chi connectivity index (χ3v) is 6.45. The van der Waals surface area contributed by atoms with Gasteiger partial charge in [0.25, 0.3) is 10.0 Å². The van der Waals surface area contributed by atoms with Crippen molar-refractivity contribution in [2.45, 2.75) is 37.6 Å². The molecule has 0 aliphatic rings. The van der Waals surface area contributed by atoms with Crippen molar-refractivity contribution in [3.8, 4) is 0 Å². The van der Waals surface area contributed by atoms with E-state index in [0.717, 1.165) is 11.3 Å². The summed E-state index contributed by atoms with van der Waals surface area (Å²) >= 11 is 1.12. The minimum Gasteiger partial charge on any atom is -0.391 e. The second-order valence-corrected chi connectivity index (χ2v) is 7.78. The number of sulfonamides is 1. The van der Waals surface area contributed by atoms with Gasteiger partial charge >= 0.3 is 0 Å². The Morgan fingerprint density at radius 2 is 1.94 bits per heavy atom. The summed E-state index contributed by atoms with van der Waals surface area (Å²) in [6.45, 7) is 5.75. The van der Waals surface area contributed by atoms with E-state index in [9.17, 15) is 8.42 Å². The lowest BCUT2D eigenvalue weighted by molar-refractivity contribution is 0.285. The number of nitrogens with zero attached hydrogens (tertiary/aromatic N) is 1. The number of aliphatic hydroxyl groups excluding tert-OH is 1. The van der Waals surface area contributed by atoms with Crippen molar-refractivity contribution in [3.63, 3.8) is 0 Å². The maximum atomic E-state index is 12.3. The maximum Gasteiger partial charge on any atom is 0.252 e. The van der Waals surface area contributed by atoms with Crippen LogP contribution >= 0.6 is 11.3 Å². The molecule has 0 aromatic carbocycles. The molecule has 1 aromatic rings. The van der Waals surface area contributed by atoms with Crippen molar-refractivity contribution in [1.29, 1.82) is 0 Å². The van der Waals surface area contributed by atoms with Crippen LogP contribution in [0.15, 0.2) is 16.3 Å². The predicted octanol–water partition coefficient (Wildman–Crippen LogP) is 1.91. The monoisotopic (exact) mass is 277 g/mol. The topological polar surface area (TPSA) is 57.6 Å². The highest BCUT2D eigenvalue weighted by atomic mass is 32.2. The molecule has 1 unspecified atom stereocenters. The average Bonchev–Trinajstić information content (AvgIpc) is 2.75. The highest BCUT2D eigenvalue weighted by Gasteiger charge is 2.28. The zero-order valence-corrected chi connectivity index (χ0v) is 12.2. The van der Waals surface area contributed by atoms with E-state index in [4.69, 9.17) is 5.11 Å². The zero-order valence-electron chi connectivity index (χ0n) is 10.5. The molecule has 0 radical (unpaired) electrons. The Morgan fingerprint density at radius 3 is 2.35 bits per heavy atom. The van der Waals surface area contributed by atoms with Crippen LogP contribution in [-0.2, 0) is 16.6 Å². The largest absolute Gasteiger partial charge is 0.391 e. The number of rotatable bonds is 5. The fourth-order valence-electron chi connectivity index (χ4n) is 1.36. The fourth-order valence-corrected chi connectivity index (χ4v) is 4.26. The van der Waals surface area contributed by atoms with Gasteiger partial charge in [0.1, 0.15) is 4.21 Å². The van der Waals surface area contributed by atoms with Gasteiger partial charge < -0.3 is 5.11 Å². The lowest BCUT2D eigenvalue weighted by Gasteiger charge is -2.26. The highest BCUT2D eigenvalue weighted by Crippen LogP contribution is 2.26. The fraction of sp³-hybridized carbons (Fsp3) is 0.636. The van der Waals surface area contributed by atoms with E-state index in [0.29, 0.717) is 4.88 Å². The maximum absolute atomic E-state index is 12.3. The molecule has 0 amide bonds. The van der Waals surface area contributed by atoms with Crippen LogP contribution in [0.25, 0.3) is 0 Å². The molecule has 0 aliphatic carbocycles. The van der Waals surface area contributed by atoms with Crippen LogP contribution in [-0.4, -0.2) is 30.9 Å². The van der Waals surface area contributed by atoms with Crippen molar-refractivity contribution in [2.24, 2.45) is 5.92 Å². The molecule has 1 atom stereocenters. The Labute approximate surface area is 107 Å². The summed E-state index contributed by atoms with van der Waals surface area (Å²) in [6, 6.07) is 3.14. The van der Waals surface area contributed by atoms with Gasteiger partial charge in [-0.1, -0.05) is 13.8 Å². The van der Waals surface area contributed by atoms with Crippen molar-refractivity contribution < 1.29 is 13.5 Å². The second kappa shape index (κ2) is 5.48. The van der Waals surface area contributed by atoms with Crippen LogP contribution in [0.3, 0.4) is 0 Å². The first-order valence-electron chi connectivity index (χ1n) is 5.48. The lowest BCUT2D eigenvalue weighted by atomic mass is 10.1. The van der Waals surface area contributed by atoms with Crippen LogP contribution in [0.5, 0.6) is 0 Å². The summed E-state index contributed by atoms with van der Waals surface area (Å²) in [7, 11) is -1.84. The number of hydrogen-bond donors (Lipinski definition) is 1. The standard InChI is InChI=1S/C11H19NO3S2/c1-8(2)9(3)12(4)17(14,15)11-6-5-10(7-13)16-11/h5-6,8-9,13H,7H2,1-4H3. The smallest absolute Gasteiger partial charge is 0.252 e. The van der Waals surface area contributed by atoms with Gasteiger partial charge in [0, 0.05) is 18.0 Å². The zero-order chi connectivity index (χ0) is 13.2. The van der Waals surface area contributed by atoms with E-state index in [1.54, 1.807) is 19.2 Å². The van der Waals surface area contributed by atoms with Crippen LogP contribution < -0.4 is 0 Å². The van der Waals surface area contributed by atoms with Crippen molar-refractivity contribution in [1.82, 2.24) is 4.31 Å². The Morgan fingerprint density at radius 1 is 1.35 bits per heavy atom. The van der Waals surface area contributed by atoms with Gasteiger partial charge in [0.2, 0.25) is 0 Å². The van der Waals surface area contributed by atoms with Gasteiger partial charge in [0.05, 0.1) is 6.61 Å². The summed E-state index contributed by atoms with van der Waals surface area (Å²) in [5.74, 6) is 0.257. The van der Waals surface area contributed by atoms with Crippen LogP contribution in [0.1, 0.15) is 25.6 Å².